The van der Waals surface area contributed by atoms with Gasteiger partial charge in [0, 0.05) is 12.3 Å². The zero-order chi connectivity index (χ0) is 8.93. The van der Waals surface area contributed by atoms with Crippen LogP contribution in [-0.2, 0) is 0 Å². The molecule has 0 saturated heterocycles. The van der Waals surface area contributed by atoms with Gasteiger partial charge in [-0.2, -0.15) is 0 Å². The average molecular weight is 173 g/mol. The number of ether oxygens (including phenoxy) is 1. The van der Waals surface area contributed by atoms with Crippen LogP contribution in [0, 0.1) is 0 Å². The number of hydrogen-bond donors (Lipinski definition) is 0. The molecule has 4 heteroatoms. The highest BCUT2D eigenvalue weighted by Crippen LogP contribution is 2.14. The van der Waals surface area contributed by atoms with Gasteiger partial charge in [-0.1, -0.05) is 6.07 Å². The molecule has 0 spiro atoms. The van der Waals surface area contributed by atoms with E-state index < -0.39 is 0 Å². The SMILES string of the molecule is c1ccc(Oc2cncnc2)nc1. The van der Waals surface area contributed by atoms with E-state index in [1.807, 2.05) is 12.1 Å². The van der Waals surface area contributed by atoms with Crippen molar-refractivity contribution in [1.29, 1.82) is 0 Å². The Morgan fingerprint density at radius 1 is 1.08 bits per heavy atom. The van der Waals surface area contributed by atoms with Gasteiger partial charge in [-0.05, 0) is 6.07 Å². The molecule has 0 atom stereocenters. The lowest BCUT2D eigenvalue weighted by Crippen LogP contribution is -1.87. The largest absolute Gasteiger partial charge is 0.436 e. The van der Waals surface area contributed by atoms with E-state index in [4.69, 9.17) is 4.74 Å². The lowest BCUT2D eigenvalue weighted by Gasteiger charge is -2.01. The predicted molar refractivity (Wildman–Crippen MR) is 46.3 cm³/mol. The molecule has 0 bridgehead atoms. The quantitative estimate of drug-likeness (QED) is 0.693. The summed E-state index contributed by atoms with van der Waals surface area (Å²) in [6.07, 6.45) is 6.29. The van der Waals surface area contributed by atoms with Crippen molar-refractivity contribution < 1.29 is 4.74 Å². The van der Waals surface area contributed by atoms with Crippen LogP contribution >= 0.6 is 0 Å². The summed E-state index contributed by atoms with van der Waals surface area (Å²) >= 11 is 0. The van der Waals surface area contributed by atoms with Crippen molar-refractivity contribution in [3.8, 4) is 11.6 Å². The number of nitrogens with zero attached hydrogens (tertiary/aromatic N) is 3. The molecule has 2 rings (SSSR count). The Hall–Kier alpha value is -1.97. The van der Waals surface area contributed by atoms with Crippen molar-refractivity contribution in [3.05, 3.63) is 43.1 Å². The Morgan fingerprint density at radius 3 is 2.62 bits per heavy atom. The molecule has 0 fully saturated rings. The number of rotatable bonds is 2. The maximum atomic E-state index is 5.34. The second-order valence-corrected chi connectivity index (χ2v) is 2.34. The molecule has 0 aliphatic rings. The van der Waals surface area contributed by atoms with Gasteiger partial charge >= 0.3 is 0 Å². The summed E-state index contributed by atoms with van der Waals surface area (Å²) in [6, 6.07) is 5.45. The van der Waals surface area contributed by atoms with Crippen molar-refractivity contribution >= 4 is 0 Å². The first-order valence-electron chi connectivity index (χ1n) is 3.79. The molecule has 0 aliphatic heterocycles. The lowest BCUT2D eigenvalue weighted by atomic mass is 10.5. The first kappa shape index (κ1) is 7.67. The minimum atomic E-state index is 0.539. The lowest BCUT2D eigenvalue weighted by molar-refractivity contribution is 0.458. The second kappa shape index (κ2) is 3.62. The van der Waals surface area contributed by atoms with Crippen LogP contribution in [0.3, 0.4) is 0 Å². The van der Waals surface area contributed by atoms with Crippen LogP contribution in [0.2, 0.25) is 0 Å². The summed E-state index contributed by atoms with van der Waals surface area (Å²) in [5.74, 6) is 1.12. The van der Waals surface area contributed by atoms with Gasteiger partial charge in [0.2, 0.25) is 5.88 Å². The Balaban J connectivity index is 2.16. The first-order valence-corrected chi connectivity index (χ1v) is 3.79. The van der Waals surface area contributed by atoms with Crippen molar-refractivity contribution in [3.63, 3.8) is 0 Å². The van der Waals surface area contributed by atoms with Crippen LogP contribution in [0.15, 0.2) is 43.1 Å². The van der Waals surface area contributed by atoms with E-state index in [1.54, 1.807) is 24.7 Å². The molecule has 0 amide bonds. The van der Waals surface area contributed by atoms with Crippen LogP contribution in [0.4, 0.5) is 0 Å². The molecular weight excluding hydrogens is 166 g/mol. The highest BCUT2D eigenvalue weighted by Gasteiger charge is 1.95. The maximum Gasteiger partial charge on any atom is 0.219 e. The third-order valence-corrected chi connectivity index (χ3v) is 1.40. The van der Waals surface area contributed by atoms with Gasteiger partial charge in [-0.3, -0.25) is 0 Å². The minimum Gasteiger partial charge on any atom is -0.436 e. The summed E-state index contributed by atoms with van der Waals surface area (Å²) in [6.45, 7) is 0. The van der Waals surface area contributed by atoms with E-state index in [0.29, 0.717) is 11.6 Å². The van der Waals surface area contributed by atoms with E-state index in [2.05, 4.69) is 15.0 Å². The molecule has 0 saturated carbocycles. The van der Waals surface area contributed by atoms with E-state index in [-0.39, 0.29) is 0 Å². The fourth-order valence-electron chi connectivity index (χ4n) is 0.866. The van der Waals surface area contributed by atoms with Crippen LogP contribution in [-0.4, -0.2) is 15.0 Å². The smallest absolute Gasteiger partial charge is 0.219 e. The summed E-state index contributed by atoms with van der Waals surface area (Å²) in [4.78, 5) is 11.6. The van der Waals surface area contributed by atoms with Crippen molar-refractivity contribution in [1.82, 2.24) is 15.0 Å². The predicted octanol–water partition coefficient (Wildman–Crippen LogP) is 1.66. The third kappa shape index (κ3) is 1.99. The van der Waals surface area contributed by atoms with Gasteiger partial charge in [-0.25, -0.2) is 15.0 Å². The van der Waals surface area contributed by atoms with Crippen molar-refractivity contribution in [2.24, 2.45) is 0 Å². The zero-order valence-electron chi connectivity index (χ0n) is 6.79. The number of hydrogen-bond acceptors (Lipinski definition) is 4. The summed E-state index contributed by atoms with van der Waals surface area (Å²) in [7, 11) is 0. The topological polar surface area (TPSA) is 47.9 Å². The standard InChI is InChI=1S/C9H7N3O/c1-2-4-12-9(3-1)13-8-5-10-7-11-6-8/h1-7H. The van der Waals surface area contributed by atoms with Gasteiger partial charge in [0.25, 0.3) is 0 Å². The molecule has 0 N–H and O–H groups in total. The van der Waals surface area contributed by atoms with E-state index >= 15 is 0 Å². The third-order valence-electron chi connectivity index (χ3n) is 1.40. The highest BCUT2D eigenvalue weighted by molar-refractivity contribution is 5.20. The second-order valence-electron chi connectivity index (χ2n) is 2.34. The molecule has 0 aromatic carbocycles. The maximum absolute atomic E-state index is 5.34. The number of pyridine rings is 1. The zero-order valence-corrected chi connectivity index (χ0v) is 6.79. The van der Waals surface area contributed by atoms with E-state index in [9.17, 15) is 0 Å². The van der Waals surface area contributed by atoms with Crippen LogP contribution in [0.25, 0.3) is 0 Å². The van der Waals surface area contributed by atoms with Crippen LogP contribution in [0.1, 0.15) is 0 Å². The monoisotopic (exact) mass is 173 g/mol. The molecule has 2 aromatic heterocycles. The van der Waals surface area contributed by atoms with Crippen molar-refractivity contribution in [2.45, 2.75) is 0 Å². The van der Waals surface area contributed by atoms with Gasteiger partial charge < -0.3 is 4.74 Å². The molecule has 0 radical (unpaired) electrons. The Kier molecular flexibility index (Phi) is 2.14. The van der Waals surface area contributed by atoms with Crippen LogP contribution < -0.4 is 4.74 Å². The average Bonchev–Trinajstić information content (AvgIpc) is 2.21. The molecule has 64 valence electrons. The molecule has 0 aliphatic carbocycles. The first-order chi connectivity index (χ1) is 6.45. The molecule has 2 heterocycles. The Morgan fingerprint density at radius 2 is 1.92 bits per heavy atom. The van der Waals surface area contributed by atoms with Crippen molar-refractivity contribution in [2.75, 3.05) is 0 Å². The molecule has 4 nitrogen and oxygen atoms in total. The van der Waals surface area contributed by atoms with Gasteiger partial charge in [0.15, 0.2) is 5.75 Å². The molecule has 13 heavy (non-hydrogen) atoms. The molecule has 2 aromatic rings. The van der Waals surface area contributed by atoms with E-state index in [0.717, 1.165) is 0 Å². The Labute approximate surface area is 75.3 Å². The summed E-state index contributed by atoms with van der Waals surface area (Å²) in [5, 5.41) is 0. The normalized spacial score (nSPS) is 9.54. The fraction of sp³-hybridized carbons (Fsp3) is 0. The molecular formula is C9H7N3O. The fourth-order valence-corrected chi connectivity index (χ4v) is 0.866. The van der Waals surface area contributed by atoms with Gasteiger partial charge in [0.1, 0.15) is 6.33 Å². The highest BCUT2D eigenvalue weighted by atomic mass is 16.5. The summed E-state index contributed by atoms with van der Waals surface area (Å²) < 4.78 is 5.34. The molecule has 0 unspecified atom stereocenters. The van der Waals surface area contributed by atoms with Gasteiger partial charge in [-0.15, -0.1) is 0 Å². The number of aromatic nitrogens is 3. The minimum absolute atomic E-state index is 0.539. The summed E-state index contributed by atoms with van der Waals surface area (Å²) in [5.41, 5.74) is 0. The van der Waals surface area contributed by atoms with E-state index in [1.165, 1.54) is 6.33 Å². The van der Waals surface area contributed by atoms with Crippen LogP contribution in [0.5, 0.6) is 11.6 Å². The van der Waals surface area contributed by atoms with Gasteiger partial charge in [0.05, 0.1) is 12.4 Å². The Bertz CT molecular complexity index is 326.